The lowest BCUT2D eigenvalue weighted by molar-refractivity contribution is 0.0747. The van der Waals surface area contributed by atoms with Gasteiger partial charge >= 0.3 is 6.03 Å². The Bertz CT molecular complexity index is 884. The largest absolute Gasteiger partial charge is 0.492 e. The minimum absolute atomic E-state index is 0.0928. The van der Waals surface area contributed by atoms with Gasteiger partial charge in [0, 0.05) is 31.7 Å². The maximum atomic E-state index is 12.7. The van der Waals surface area contributed by atoms with Gasteiger partial charge in [-0.05, 0) is 51.0 Å². The van der Waals surface area contributed by atoms with Gasteiger partial charge in [-0.3, -0.25) is 4.90 Å². The SMILES string of the molecule is Cc1noc(C)c1NC(=O)N1CC2CCC(C1)N2CCOc1ccc(C#N)cc1. The maximum Gasteiger partial charge on any atom is 0.322 e. The molecule has 1 N–H and O–H groups in total. The predicted molar refractivity (Wildman–Crippen MR) is 107 cm³/mol. The first-order chi connectivity index (χ1) is 14.0. The quantitative estimate of drug-likeness (QED) is 0.836. The number of aryl methyl sites for hydroxylation is 2. The molecule has 2 aromatic rings. The minimum atomic E-state index is -0.0928. The van der Waals surface area contributed by atoms with Gasteiger partial charge in [0.05, 0.1) is 11.6 Å². The van der Waals surface area contributed by atoms with E-state index in [4.69, 9.17) is 14.5 Å². The molecule has 2 saturated heterocycles. The first-order valence-corrected chi connectivity index (χ1v) is 9.92. The molecule has 1 aromatic carbocycles. The number of carbonyl (C=O) groups is 1. The van der Waals surface area contributed by atoms with Crippen LogP contribution in [0.25, 0.3) is 0 Å². The van der Waals surface area contributed by atoms with E-state index in [1.807, 2.05) is 24.0 Å². The molecule has 2 aliphatic heterocycles. The van der Waals surface area contributed by atoms with Crippen molar-refractivity contribution in [3.63, 3.8) is 0 Å². The van der Waals surface area contributed by atoms with Gasteiger partial charge in [0.25, 0.3) is 0 Å². The number of rotatable bonds is 5. The number of urea groups is 1. The van der Waals surface area contributed by atoms with E-state index in [-0.39, 0.29) is 6.03 Å². The van der Waals surface area contributed by atoms with Crippen LogP contribution >= 0.6 is 0 Å². The van der Waals surface area contributed by atoms with Gasteiger partial charge in [-0.2, -0.15) is 5.26 Å². The van der Waals surface area contributed by atoms with Crippen LogP contribution in [-0.4, -0.2) is 59.3 Å². The number of benzene rings is 1. The molecule has 8 nitrogen and oxygen atoms in total. The van der Waals surface area contributed by atoms with Crippen LogP contribution in [0.2, 0.25) is 0 Å². The molecule has 8 heteroatoms. The summed E-state index contributed by atoms with van der Waals surface area (Å²) in [6, 6.07) is 9.89. The Hall–Kier alpha value is -3.05. The lowest BCUT2D eigenvalue weighted by Gasteiger charge is -2.40. The van der Waals surface area contributed by atoms with E-state index in [1.54, 1.807) is 19.1 Å². The predicted octanol–water partition coefficient (Wildman–Crippen LogP) is 2.92. The number of hydrogen-bond donors (Lipinski definition) is 1. The zero-order valence-electron chi connectivity index (χ0n) is 16.7. The number of amides is 2. The molecule has 29 heavy (non-hydrogen) atoms. The van der Waals surface area contributed by atoms with Crippen LogP contribution < -0.4 is 10.1 Å². The van der Waals surface area contributed by atoms with Gasteiger partial charge in [0.1, 0.15) is 23.7 Å². The van der Waals surface area contributed by atoms with E-state index < -0.39 is 0 Å². The number of nitriles is 1. The summed E-state index contributed by atoms with van der Waals surface area (Å²) in [7, 11) is 0. The van der Waals surface area contributed by atoms with Crippen LogP contribution in [0.4, 0.5) is 10.5 Å². The van der Waals surface area contributed by atoms with Crippen molar-refractivity contribution in [2.75, 3.05) is 31.6 Å². The number of piperazine rings is 1. The monoisotopic (exact) mass is 395 g/mol. The number of ether oxygens (including phenoxy) is 1. The second-order valence-corrected chi connectivity index (χ2v) is 7.64. The summed E-state index contributed by atoms with van der Waals surface area (Å²) in [6.07, 6.45) is 2.19. The number of aromatic nitrogens is 1. The van der Waals surface area contributed by atoms with Crippen LogP contribution in [-0.2, 0) is 0 Å². The van der Waals surface area contributed by atoms with Crippen LogP contribution in [0.3, 0.4) is 0 Å². The zero-order chi connectivity index (χ0) is 20.4. The van der Waals surface area contributed by atoms with Crippen molar-refractivity contribution < 1.29 is 14.1 Å². The molecule has 2 atom stereocenters. The van der Waals surface area contributed by atoms with Crippen LogP contribution in [0, 0.1) is 25.2 Å². The summed E-state index contributed by atoms with van der Waals surface area (Å²) in [4.78, 5) is 17.1. The van der Waals surface area contributed by atoms with E-state index in [0.29, 0.717) is 54.5 Å². The normalized spacial score (nSPS) is 21.1. The lowest BCUT2D eigenvalue weighted by Crippen LogP contribution is -2.56. The lowest BCUT2D eigenvalue weighted by atomic mass is 10.2. The maximum absolute atomic E-state index is 12.7. The summed E-state index contributed by atoms with van der Waals surface area (Å²) < 4.78 is 11.0. The first kappa shape index (κ1) is 19.3. The average molecular weight is 395 g/mol. The number of nitrogens with one attached hydrogen (secondary N) is 1. The standard InChI is InChI=1S/C21H25N5O3/c1-14-20(15(2)29-24-14)23-21(27)25-12-17-5-6-18(13-25)26(17)9-10-28-19-7-3-16(11-22)4-8-19/h3-4,7-8,17-18H,5-6,9-10,12-13H2,1-2H3,(H,23,27). The van der Waals surface area contributed by atoms with Crippen molar-refractivity contribution in [1.82, 2.24) is 15.0 Å². The van der Waals surface area contributed by atoms with Crippen molar-refractivity contribution in [3.8, 4) is 11.8 Å². The second kappa shape index (κ2) is 8.13. The number of nitrogens with zero attached hydrogens (tertiary/aromatic N) is 4. The topological polar surface area (TPSA) is 94.6 Å². The molecule has 2 unspecified atom stereocenters. The van der Waals surface area contributed by atoms with E-state index >= 15 is 0 Å². The third-order valence-electron chi connectivity index (χ3n) is 5.79. The molecule has 0 spiro atoms. The molecule has 0 radical (unpaired) electrons. The van der Waals surface area contributed by atoms with Crippen molar-refractivity contribution in [2.24, 2.45) is 0 Å². The van der Waals surface area contributed by atoms with Crippen LogP contribution in [0.15, 0.2) is 28.8 Å². The highest BCUT2D eigenvalue weighted by Crippen LogP contribution is 2.30. The van der Waals surface area contributed by atoms with E-state index in [0.717, 1.165) is 25.1 Å². The number of fused-ring (bicyclic) bond motifs is 2. The third kappa shape index (κ3) is 4.05. The van der Waals surface area contributed by atoms with Crippen molar-refractivity contribution in [2.45, 2.75) is 38.8 Å². The Kier molecular flexibility index (Phi) is 5.41. The Labute approximate surface area is 170 Å². The Morgan fingerprint density at radius 3 is 2.55 bits per heavy atom. The molecule has 2 aliphatic rings. The smallest absolute Gasteiger partial charge is 0.322 e. The Morgan fingerprint density at radius 1 is 1.28 bits per heavy atom. The summed E-state index contributed by atoms with van der Waals surface area (Å²) in [6.45, 7) is 6.46. The van der Waals surface area contributed by atoms with Crippen LogP contribution in [0.1, 0.15) is 29.9 Å². The van der Waals surface area contributed by atoms with Gasteiger partial charge in [0.2, 0.25) is 0 Å². The fourth-order valence-corrected chi connectivity index (χ4v) is 4.26. The Morgan fingerprint density at radius 2 is 1.97 bits per heavy atom. The highest BCUT2D eigenvalue weighted by molar-refractivity contribution is 5.90. The molecule has 2 amide bonds. The van der Waals surface area contributed by atoms with Crippen molar-refractivity contribution in [3.05, 3.63) is 41.3 Å². The first-order valence-electron chi connectivity index (χ1n) is 9.92. The number of carbonyl (C=O) groups excluding carboxylic acids is 1. The fraction of sp³-hybridized carbons (Fsp3) is 0.476. The summed E-state index contributed by atoms with van der Waals surface area (Å²) in [5.41, 5.74) is 1.99. The fourth-order valence-electron chi connectivity index (χ4n) is 4.26. The zero-order valence-corrected chi connectivity index (χ0v) is 16.7. The summed E-state index contributed by atoms with van der Waals surface area (Å²) in [5.74, 6) is 1.39. The van der Waals surface area contributed by atoms with Gasteiger partial charge in [-0.15, -0.1) is 0 Å². The molecule has 0 saturated carbocycles. The van der Waals surface area contributed by atoms with E-state index in [1.165, 1.54) is 0 Å². The van der Waals surface area contributed by atoms with E-state index in [2.05, 4.69) is 21.4 Å². The van der Waals surface area contributed by atoms with Crippen molar-refractivity contribution in [1.29, 1.82) is 5.26 Å². The molecule has 2 bridgehead atoms. The highest BCUT2D eigenvalue weighted by Gasteiger charge is 2.41. The molecule has 3 heterocycles. The third-order valence-corrected chi connectivity index (χ3v) is 5.79. The average Bonchev–Trinajstić information content (AvgIpc) is 3.16. The van der Waals surface area contributed by atoms with Crippen LogP contribution in [0.5, 0.6) is 5.75 Å². The number of likely N-dealkylation sites (tertiary alicyclic amines) is 1. The number of hydrogen-bond acceptors (Lipinski definition) is 6. The van der Waals surface area contributed by atoms with Gasteiger partial charge in [-0.1, -0.05) is 5.16 Å². The van der Waals surface area contributed by atoms with Gasteiger partial charge in [-0.25, -0.2) is 4.79 Å². The minimum Gasteiger partial charge on any atom is -0.492 e. The van der Waals surface area contributed by atoms with Crippen molar-refractivity contribution >= 4 is 11.7 Å². The molecular weight excluding hydrogens is 370 g/mol. The Balaban J connectivity index is 1.29. The molecule has 1 aromatic heterocycles. The second-order valence-electron chi connectivity index (χ2n) is 7.64. The molecule has 2 fully saturated rings. The van der Waals surface area contributed by atoms with Gasteiger partial charge in [0.15, 0.2) is 5.76 Å². The molecule has 152 valence electrons. The molecular formula is C21H25N5O3. The molecule has 0 aliphatic carbocycles. The summed E-state index contributed by atoms with van der Waals surface area (Å²) in [5, 5.41) is 15.7. The molecule has 4 rings (SSSR count). The number of anilines is 1. The van der Waals surface area contributed by atoms with E-state index in [9.17, 15) is 4.79 Å². The summed E-state index contributed by atoms with van der Waals surface area (Å²) >= 11 is 0. The van der Waals surface area contributed by atoms with Gasteiger partial charge < -0.3 is 19.5 Å². The highest BCUT2D eigenvalue weighted by atomic mass is 16.5.